The molecule has 3 unspecified atom stereocenters. The van der Waals surface area contributed by atoms with Gasteiger partial charge in [-0.3, -0.25) is 0 Å². The molecule has 1 N–H and O–H groups in total. The molecule has 0 aromatic heterocycles. The lowest BCUT2D eigenvalue weighted by Crippen LogP contribution is -2.29. The normalized spacial score (nSPS) is 21.1. The lowest BCUT2D eigenvalue weighted by atomic mass is 9.85. The smallest absolute Gasteiger partial charge is 0.123 e. The Morgan fingerprint density at radius 1 is 1.32 bits per heavy atom. The highest BCUT2D eigenvalue weighted by Gasteiger charge is 2.24. The molecule has 1 aromatic rings. The van der Waals surface area contributed by atoms with Crippen molar-refractivity contribution >= 4 is 0 Å². The fourth-order valence-electron chi connectivity index (χ4n) is 2.85. The van der Waals surface area contributed by atoms with Gasteiger partial charge in [-0.1, -0.05) is 39.8 Å². The summed E-state index contributed by atoms with van der Waals surface area (Å²) in [4.78, 5) is 0. The first-order chi connectivity index (χ1) is 9.02. The van der Waals surface area contributed by atoms with E-state index in [1.54, 1.807) is 0 Å². The van der Waals surface area contributed by atoms with E-state index in [1.165, 1.54) is 11.1 Å². The molecule has 0 radical (unpaired) electrons. The second-order valence-electron chi connectivity index (χ2n) is 6.14. The summed E-state index contributed by atoms with van der Waals surface area (Å²) in [6.07, 6.45) is 1.36. The van der Waals surface area contributed by atoms with Gasteiger partial charge in [0.15, 0.2) is 0 Å². The molecule has 3 atom stereocenters. The van der Waals surface area contributed by atoms with Crippen LogP contribution in [0.5, 0.6) is 5.75 Å². The first-order valence-electron chi connectivity index (χ1n) is 7.55. The molecule has 1 aliphatic rings. The standard InChI is InChI=1S/C17H27NO/c1-6-18-17(13(5)11(2)3)14-7-8-16-15(10-14)9-12(4)19-16/h7-8,10-13,17-18H,6,9H2,1-5H3. The van der Waals surface area contributed by atoms with Gasteiger partial charge in [0.25, 0.3) is 0 Å². The molecule has 0 amide bonds. The topological polar surface area (TPSA) is 21.3 Å². The maximum atomic E-state index is 5.79. The molecule has 2 heteroatoms. The van der Waals surface area contributed by atoms with Crippen LogP contribution in [0, 0.1) is 11.8 Å². The quantitative estimate of drug-likeness (QED) is 0.866. The van der Waals surface area contributed by atoms with E-state index >= 15 is 0 Å². The minimum atomic E-state index is 0.324. The van der Waals surface area contributed by atoms with Crippen molar-refractivity contribution in [2.75, 3.05) is 6.54 Å². The predicted molar refractivity (Wildman–Crippen MR) is 80.7 cm³/mol. The number of nitrogens with one attached hydrogen (secondary N) is 1. The summed E-state index contributed by atoms with van der Waals surface area (Å²) in [6.45, 7) is 12.3. The zero-order valence-corrected chi connectivity index (χ0v) is 12.9. The summed E-state index contributed by atoms with van der Waals surface area (Å²) in [7, 11) is 0. The first kappa shape index (κ1) is 14.4. The van der Waals surface area contributed by atoms with Gasteiger partial charge < -0.3 is 10.1 Å². The Hall–Kier alpha value is -1.02. The van der Waals surface area contributed by atoms with Crippen LogP contribution in [0.4, 0.5) is 0 Å². The van der Waals surface area contributed by atoms with Crippen LogP contribution in [0.3, 0.4) is 0 Å². The highest BCUT2D eigenvalue weighted by Crippen LogP contribution is 2.34. The lowest BCUT2D eigenvalue weighted by Gasteiger charge is -2.28. The predicted octanol–water partition coefficient (Wildman–Crippen LogP) is 3.95. The zero-order chi connectivity index (χ0) is 14.0. The van der Waals surface area contributed by atoms with Crippen LogP contribution in [0.2, 0.25) is 0 Å². The van der Waals surface area contributed by atoms with Gasteiger partial charge >= 0.3 is 0 Å². The van der Waals surface area contributed by atoms with Gasteiger partial charge in [0.1, 0.15) is 11.9 Å². The number of fused-ring (bicyclic) bond motifs is 1. The van der Waals surface area contributed by atoms with E-state index in [2.05, 4.69) is 58.1 Å². The van der Waals surface area contributed by atoms with E-state index in [4.69, 9.17) is 4.74 Å². The molecule has 19 heavy (non-hydrogen) atoms. The molecule has 2 nitrogen and oxygen atoms in total. The van der Waals surface area contributed by atoms with Crippen LogP contribution in [0.25, 0.3) is 0 Å². The summed E-state index contributed by atoms with van der Waals surface area (Å²) >= 11 is 0. The van der Waals surface area contributed by atoms with Crippen molar-refractivity contribution in [1.82, 2.24) is 5.32 Å². The number of hydrogen-bond acceptors (Lipinski definition) is 2. The second kappa shape index (κ2) is 5.96. The fraction of sp³-hybridized carbons (Fsp3) is 0.647. The third-order valence-corrected chi connectivity index (χ3v) is 4.28. The van der Waals surface area contributed by atoms with E-state index in [0.717, 1.165) is 18.7 Å². The Morgan fingerprint density at radius 3 is 2.68 bits per heavy atom. The molecule has 106 valence electrons. The van der Waals surface area contributed by atoms with Gasteiger partial charge in [-0.15, -0.1) is 0 Å². The minimum Gasteiger partial charge on any atom is -0.490 e. The minimum absolute atomic E-state index is 0.324. The van der Waals surface area contributed by atoms with Gasteiger partial charge in [-0.05, 0) is 42.5 Å². The zero-order valence-electron chi connectivity index (χ0n) is 12.9. The van der Waals surface area contributed by atoms with Crippen molar-refractivity contribution < 1.29 is 4.74 Å². The van der Waals surface area contributed by atoms with Crippen LogP contribution < -0.4 is 10.1 Å². The summed E-state index contributed by atoms with van der Waals surface area (Å²) in [6, 6.07) is 7.14. The number of benzene rings is 1. The molecule has 1 aliphatic heterocycles. The summed E-state index contributed by atoms with van der Waals surface area (Å²) < 4.78 is 5.79. The van der Waals surface area contributed by atoms with Gasteiger partial charge in [0.2, 0.25) is 0 Å². The molecule has 0 saturated heterocycles. The molecule has 0 spiro atoms. The van der Waals surface area contributed by atoms with E-state index < -0.39 is 0 Å². The largest absolute Gasteiger partial charge is 0.490 e. The van der Waals surface area contributed by atoms with Crippen LogP contribution in [-0.2, 0) is 6.42 Å². The Balaban J connectivity index is 2.25. The number of rotatable bonds is 5. The molecular weight excluding hydrogens is 234 g/mol. The lowest BCUT2D eigenvalue weighted by molar-refractivity contribution is 0.254. The van der Waals surface area contributed by atoms with Gasteiger partial charge in [0, 0.05) is 12.5 Å². The highest BCUT2D eigenvalue weighted by atomic mass is 16.5. The molecule has 0 saturated carbocycles. The average molecular weight is 261 g/mol. The van der Waals surface area contributed by atoms with Crippen molar-refractivity contribution in [3.63, 3.8) is 0 Å². The summed E-state index contributed by atoms with van der Waals surface area (Å²) in [5.74, 6) is 2.37. The fourth-order valence-corrected chi connectivity index (χ4v) is 2.85. The molecule has 0 bridgehead atoms. The van der Waals surface area contributed by atoms with Crippen molar-refractivity contribution in [2.24, 2.45) is 11.8 Å². The molecule has 1 aromatic carbocycles. The van der Waals surface area contributed by atoms with Crippen LogP contribution in [0.1, 0.15) is 51.8 Å². The maximum Gasteiger partial charge on any atom is 0.123 e. The molecule has 0 aliphatic carbocycles. The maximum absolute atomic E-state index is 5.79. The Kier molecular flexibility index (Phi) is 4.51. The van der Waals surface area contributed by atoms with Gasteiger partial charge in [-0.25, -0.2) is 0 Å². The van der Waals surface area contributed by atoms with E-state index in [0.29, 0.717) is 24.0 Å². The first-order valence-corrected chi connectivity index (χ1v) is 7.55. The van der Waals surface area contributed by atoms with E-state index in [1.807, 2.05) is 0 Å². The van der Waals surface area contributed by atoms with Crippen molar-refractivity contribution in [1.29, 1.82) is 0 Å². The van der Waals surface area contributed by atoms with Crippen molar-refractivity contribution in [2.45, 2.75) is 53.2 Å². The van der Waals surface area contributed by atoms with Crippen molar-refractivity contribution in [3.05, 3.63) is 29.3 Å². The summed E-state index contributed by atoms with van der Waals surface area (Å²) in [5, 5.41) is 3.64. The van der Waals surface area contributed by atoms with Crippen LogP contribution in [-0.4, -0.2) is 12.6 Å². The van der Waals surface area contributed by atoms with E-state index in [9.17, 15) is 0 Å². The Morgan fingerprint density at radius 2 is 2.05 bits per heavy atom. The van der Waals surface area contributed by atoms with Crippen LogP contribution >= 0.6 is 0 Å². The molecular formula is C17H27NO. The number of hydrogen-bond donors (Lipinski definition) is 1. The second-order valence-corrected chi connectivity index (χ2v) is 6.14. The Bertz CT molecular complexity index is 427. The number of ether oxygens (including phenoxy) is 1. The van der Waals surface area contributed by atoms with Crippen molar-refractivity contribution in [3.8, 4) is 5.75 Å². The van der Waals surface area contributed by atoms with E-state index in [-0.39, 0.29) is 0 Å². The monoisotopic (exact) mass is 261 g/mol. The highest BCUT2D eigenvalue weighted by molar-refractivity contribution is 5.41. The third-order valence-electron chi connectivity index (χ3n) is 4.28. The van der Waals surface area contributed by atoms with Crippen LogP contribution in [0.15, 0.2) is 18.2 Å². The molecule has 1 heterocycles. The van der Waals surface area contributed by atoms with Gasteiger partial charge in [0.05, 0.1) is 0 Å². The molecule has 0 fully saturated rings. The third kappa shape index (κ3) is 3.11. The average Bonchev–Trinajstić information content (AvgIpc) is 2.74. The van der Waals surface area contributed by atoms with Gasteiger partial charge in [-0.2, -0.15) is 0 Å². The SMILES string of the molecule is CCNC(c1ccc2c(c1)CC(C)O2)C(C)C(C)C. The summed E-state index contributed by atoms with van der Waals surface area (Å²) in [5.41, 5.74) is 2.77. The molecule has 2 rings (SSSR count). The Labute approximate surface area is 117 Å².